The summed E-state index contributed by atoms with van der Waals surface area (Å²) in [4.78, 5) is 13.8. The van der Waals surface area contributed by atoms with Crippen LogP contribution in [0.15, 0.2) is 23.2 Å². The van der Waals surface area contributed by atoms with Crippen molar-refractivity contribution in [3.63, 3.8) is 0 Å². The highest BCUT2D eigenvalue weighted by Crippen LogP contribution is 2.34. The third-order valence-corrected chi connectivity index (χ3v) is 3.89. The Hall–Kier alpha value is -1.45. The number of methoxy groups -OCH3 is 1. The quantitative estimate of drug-likeness (QED) is 0.606. The molecular weight excluding hydrogens is 250 g/mol. The zero-order chi connectivity index (χ0) is 12.8. The maximum atomic E-state index is 10.2. The first-order valence-electron chi connectivity index (χ1n) is 5.79. The molecule has 0 aliphatic carbocycles. The molecule has 96 valence electrons. The largest absolute Gasteiger partial charge is 0.493 e. The predicted molar refractivity (Wildman–Crippen MR) is 71.2 cm³/mol. The highest BCUT2D eigenvalue weighted by molar-refractivity contribution is 7.99. The van der Waals surface area contributed by atoms with Gasteiger partial charge < -0.3 is 9.47 Å². The lowest BCUT2D eigenvalue weighted by molar-refractivity contribution is 0.218. The predicted octanol–water partition coefficient (Wildman–Crippen LogP) is 2.42. The minimum Gasteiger partial charge on any atom is -0.493 e. The third kappa shape index (κ3) is 3.06. The van der Waals surface area contributed by atoms with E-state index in [0.29, 0.717) is 5.75 Å². The van der Waals surface area contributed by atoms with Crippen LogP contribution >= 0.6 is 11.8 Å². The molecule has 0 aromatic heterocycles. The van der Waals surface area contributed by atoms with Crippen LogP contribution in [0, 0.1) is 0 Å². The van der Waals surface area contributed by atoms with Gasteiger partial charge in [0.2, 0.25) is 6.08 Å². The van der Waals surface area contributed by atoms with E-state index in [1.807, 2.05) is 30.0 Å². The Morgan fingerprint density at radius 2 is 2.44 bits per heavy atom. The summed E-state index contributed by atoms with van der Waals surface area (Å²) in [5.41, 5.74) is 0.837. The van der Waals surface area contributed by atoms with Gasteiger partial charge in [0.1, 0.15) is 6.10 Å². The van der Waals surface area contributed by atoms with Crippen molar-refractivity contribution in [1.82, 2.24) is 0 Å². The Labute approximate surface area is 110 Å². The van der Waals surface area contributed by atoms with Crippen LogP contribution in [-0.2, 0) is 11.3 Å². The van der Waals surface area contributed by atoms with Gasteiger partial charge in [-0.3, -0.25) is 0 Å². The fourth-order valence-electron chi connectivity index (χ4n) is 1.91. The summed E-state index contributed by atoms with van der Waals surface area (Å²) in [6.07, 6.45) is 2.84. The number of para-hydroxylation sites is 1. The van der Waals surface area contributed by atoms with Crippen LogP contribution in [0.1, 0.15) is 12.0 Å². The molecular formula is C13H15NO3S. The van der Waals surface area contributed by atoms with Crippen LogP contribution in [0.5, 0.6) is 11.5 Å². The number of nitrogens with zero attached hydrogens (tertiary/aromatic N) is 1. The van der Waals surface area contributed by atoms with Crippen LogP contribution < -0.4 is 9.47 Å². The van der Waals surface area contributed by atoms with E-state index in [-0.39, 0.29) is 12.6 Å². The van der Waals surface area contributed by atoms with Gasteiger partial charge in [-0.1, -0.05) is 12.1 Å². The SMILES string of the molecule is COc1c(CN=C=O)cccc1OC1CCSC1. The van der Waals surface area contributed by atoms with Crippen molar-refractivity contribution in [3.05, 3.63) is 23.8 Å². The van der Waals surface area contributed by atoms with E-state index in [9.17, 15) is 4.79 Å². The summed E-state index contributed by atoms with van der Waals surface area (Å²) in [6, 6.07) is 5.64. The Morgan fingerprint density at radius 1 is 1.56 bits per heavy atom. The second kappa shape index (κ2) is 6.47. The lowest BCUT2D eigenvalue weighted by atomic mass is 10.2. The van der Waals surface area contributed by atoms with Crippen molar-refractivity contribution in [2.75, 3.05) is 18.6 Å². The van der Waals surface area contributed by atoms with Crippen LogP contribution in [-0.4, -0.2) is 30.8 Å². The molecule has 1 aromatic carbocycles. The van der Waals surface area contributed by atoms with Crippen molar-refractivity contribution in [3.8, 4) is 11.5 Å². The smallest absolute Gasteiger partial charge is 0.235 e. The fourth-order valence-corrected chi connectivity index (χ4v) is 3.01. The molecule has 1 aromatic rings. The molecule has 2 rings (SSSR count). The van der Waals surface area contributed by atoms with Gasteiger partial charge in [0.25, 0.3) is 0 Å². The molecule has 1 atom stereocenters. The van der Waals surface area contributed by atoms with Crippen molar-refractivity contribution >= 4 is 17.8 Å². The highest BCUT2D eigenvalue weighted by atomic mass is 32.2. The highest BCUT2D eigenvalue weighted by Gasteiger charge is 2.19. The molecule has 1 aliphatic heterocycles. The molecule has 18 heavy (non-hydrogen) atoms. The molecule has 0 spiro atoms. The van der Waals surface area contributed by atoms with E-state index in [4.69, 9.17) is 9.47 Å². The molecule has 1 heterocycles. The van der Waals surface area contributed by atoms with E-state index in [0.717, 1.165) is 29.2 Å². The number of hydrogen-bond donors (Lipinski definition) is 0. The molecule has 1 fully saturated rings. The normalized spacial score (nSPS) is 18.2. The molecule has 1 aliphatic rings. The molecule has 0 amide bonds. The van der Waals surface area contributed by atoms with Crippen molar-refractivity contribution < 1.29 is 14.3 Å². The standard InChI is InChI=1S/C13H15NO3S/c1-16-13-10(7-14-9-15)3-2-4-12(13)17-11-5-6-18-8-11/h2-4,11H,5-8H2,1H3. The Morgan fingerprint density at radius 3 is 3.11 bits per heavy atom. The second-order valence-corrected chi connectivity index (χ2v) is 5.11. The minimum absolute atomic E-state index is 0.244. The molecule has 1 unspecified atom stereocenters. The van der Waals surface area contributed by atoms with Crippen molar-refractivity contribution in [2.45, 2.75) is 19.1 Å². The average molecular weight is 265 g/mol. The van der Waals surface area contributed by atoms with E-state index >= 15 is 0 Å². The third-order valence-electron chi connectivity index (χ3n) is 2.76. The summed E-state index contributed by atoms with van der Waals surface area (Å²) in [5.74, 6) is 3.54. The van der Waals surface area contributed by atoms with Crippen LogP contribution in [0.3, 0.4) is 0 Å². The van der Waals surface area contributed by atoms with E-state index < -0.39 is 0 Å². The zero-order valence-electron chi connectivity index (χ0n) is 10.2. The molecule has 0 N–H and O–H groups in total. The summed E-state index contributed by atoms with van der Waals surface area (Å²) < 4.78 is 11.3. The maximum Gasteiger partial charge on any atom is 0.235 e. The van der Waals surface area contributed by atoms with Gasteiger partial charge in [0, 0.05) is 11.3 Å². The zero-order valence-corrected chi connectivity index (χ0v) is 11.0. The number of ether oxygens (including phenoxy) is 2. The topological polar surface area (TPSA) is 47.9 Å². The monoisotopic (exact) mass is 265 g/mol. The lowest BCUT2D eigenvalue weighted by Crippen LogP contribution is -2.15. The number of thioether (sulfide) groups is 1. The summed E-state index contributed by atoms with van der Waals surface area (Å²) in [5, 5.41) is 0. The first-order valence-corrected chi connectivity index (χ1v) is 6.94. The molecule has 5 heteroatoms. The van der Waals surface area contributed by atoms with Gasteiger partial charge in [0.05, 0.1) is 13.7 Å². The van der Waals surface area contributed by atoms with Gasteiger partial charge in [-0.05, 0) is 18.2 Å². The number of benzene rings is 1. The van der Waals surface area contributed by atoms with Gasteiger partial charge in [0.15, 0.2) is 11.5 Å². The van der Waals surface area contributed by atoms with Gasteiger partial charge in [-0.15, -0.1) is 0 Å². The lowest BCUT2D eigenvalue weighted by Gasteiger charge is -2.17. The van der Waals surface area contributed by atoms with Gasteiger partial charge in [-0.25, -0.2) is 9.79 Å². The average Bonchev–Trinajstić information content (AvgIpc) is 2.89. The minimum atomic E-state index is 0.244. The molecule has 4 nitrogen and oxygen atoms in total. The van der Waals surface area contributed by atoms with Crippen molar-refractivity contribution in [1.29, 1.82) is 0 Å². The second-order valence-electron chi connectivity index (χ2n) is 3.96. The molecule has 0 bridgehead atoms. The summed E-state index contributed by atoms with van der Waals surface area (Å²) in [7, 11) is 1.60. The van der Waals surface area contributed by atoms with E-state index in [1.54, 1.807) is 7.11 Å². The Bertz CT molecular complexity index is 452. The summed E-state index contributed by atoms with van der Waals surface area (Å²) >= 11 is 1.90. The van der Waals surface area contributed by atoms with Crippen LogP contribution in [0.4, 0.5) is 0 Å². The van der Waals surface area contributed by atoms with E-state index in [2.05, 4.69) is 4.99 Å². The Kier molecular flexibility index (Phi) is 4.67. The fraction of sp³-hybridized carbons (Fsp3) is 0.462. The van der Waals surface area contributed by atoms with E-state index in [1.165, 1.54) is 6.08 Å². The van der Waals surface area contributed by atoms with Crippen LogP contribution in [0.2, 0.25) is 0 Å². The number of aliphatic imine (C=N–C) groups is 1. The number of hydrogen-bond acceptors (Lipinski definition) is 5. The molecule has 0 radical (unpaired) electrons. The number of carbonyl (C=O) groups excluding carboxylic acids is 1. The number of rotatable bonds is 5. The first kappa shape index (κ1) is 13.0. The van der Waals surface area contributed by atoms with Crippen LogP contribution in [0.25, 0.3) is 0 Å². The summed E-state index contributed by atoms with van der Waals surface area (Å²) in [6.45, 7) is 0.267. The van der Waals surface area contributed by atoms with Crippen molar-refractivity contribution in [2.24, 2.45) is 4.99 Å². The Balaban J connectivity index is 2.19. The van der Waals surface area contributed by atoms with Gasteiger partial charge in [-0.2, -0.15) is 11.8 Å². The molecule has 0 saturated carbocycles. The number of isocyanates is 1. The van der Waals surface area contributed by atoms with Gasteiger partial charge >= 0.3 is 0 Å². The molecule has 1 saturated heterocycles. The first-order chi connectivity index (χ1) is 8.85. The maximum absolute atomic E-state index is 10.2.